The summed E-state index contributed by atoms with van der Waals surface area (Å²) in [5.74, 6) is 0. The van der Waals surface area contributed by atoms with Crippen LogP contribution in [0.25, 0.3) is 0 Å². The summed E-state index contributed by atoms with van der Waals surface area (Å²) in [6.45, 7) is 4.55. The fourth-order valence-corrected chi connectivity index (χ4v) is 3.47. The van der Waals surface area contributed by atoms with Gasteiger partial charge in [0.05, 0.1) is 6.04 Å². The molecule has 106 valence electrons. The Morgan fingerprint density at radius 3 is 2.90 bits per heavy atom. The van der Waals surface area contributed by atoms with E-state index in [4.69, 9.17) is 0 Å². The lowest BCUT2D eigenvalue weighted by molar-refractivity contribution is 0.643. The highest BCUT2D eigenvalue weighted by Gasteiger charge is 2.24. The van der Waals surface area contributed by atoms with Crippen molar-refractivity contribution < 1.29 is 0 Å². The molecule has 0 bridgehead atoms. The van der Waals surface area contributed by atoms with Crippen LogP contribution in [-0.2, 0) is 0 Å². The number of fused-ring (bicyclic) bond motifs is 1. The lowest BCUT2D eigenvalue weighted by Gasteiger charge is -2.33. The van der Waals surface area contributed by atoms with Gasteiger partial charge in [0.15, 0.2) is 0 Å². The van der Waals surface area contributed by atoms with Crippen molar-refractivity contribution in [3.8, 4) is 0 Å². The van der Waals surface area contributed by atoms with Crippen molar-refractivity contribution in [2.24, 2.45) is 0 Å². The summed E-state index contributed by atoms with van der Waals surface area (Å²) in [5.41, 5.74) is 7.37. The van der Waals surface area contributed by atoms with Crippen molar-refractivity contribution in [1.29, 1.82) is 0 Å². The van der Waals surface area contributed by atoms with Crippen LogP contribution in [0.5, 0.6) is 0 Å². The zero-order chi connectivity index (χ0) is 13.9. The van der Waals surface area contributed by atoms with Crippen LogP contribution in [0.1, 0.15) is 52.4 Å². The van der Waals surface area contributed by atoms with Crippen molar-refractivity contribution in [2.75, 3.05) is 0 Å². The third-order valence-electron chi connectivity index (χ3n) is 4.55. The van der Waals surface area contributed by atoms with Crippen LogP contribution >= 0.6 is 0 Å². The largest absolute Gasteiger partial charge is 0.375 e. The molecule has 3 aliphatic rings. The molecule has 0 amide bonds. The monoisotopic (exact) mass is 267 g/mol. The minimum absolute atomic E-state index is 0.432. The molecule has 1 aliphatic heterocycles. The van der Waals surface area contributed by atoms with Gasteiger partial charge < -0.3 is 5.32 Å². The molecular formula is C19H25N. The van der Waals surface area contributed by atoms with Crippen molar-refractivity contribution in [2.45, 2.75) is 58.4 Å². The molecule has 1 heterocycles. The molecule has 3 rings (SSSR count). The summed E-state index contributed by atoms with van der Waals surface area (Å²) in [6.07, 6.45) is 19.1. The molecule has 0 saturated heterocycles. The maximum absolute atomic E-state index is 3.75. The molecule has 20 heavy (non-hydrogen) atoms. The van der Waals surface area contributed by atoms with Crippen LogP contribution in [0.15, 0.2) is 58.4 Å². The maximum Gasteiger partial charge on any atom is 0.0666 e. The first-order chi connectivity index (χ1) is 9.78. The van der Waals surface area contributed by atoms with Crippen LogP contribution < -0.4 is 5.32 Å². The van der Waals surface area contributed by atoms with E-state index in [-0.39, 0.29) is 0 Å². The summed E-state index contributed by atoms with van der Waals surface area (Å²) < 4.78 is 0. The van der Waals surface area contributed by atoms with Crippen molar-refractivity contribution in [3.05, 3.63) is 58.4 Å². The molecule has 0 aromatic heterocycles. The van der Waals surface area contributed by atoms with Crippen LogP contribution in [0, 0.1) is 0 Å². The normalized spacial score (nSPS) is 25.5. The third kappa shape index (κ3) is 2.67. The van der Waals surface area contributed by atoms with Gasteiger partial charge in [0.25, 0.3) is 0 Å². The number of hydrogen-bond donors (Lipinski definition) is 1. The first kappa shape index (κ1) is 13.5. The molecule has 0 saturated carbocycles. The Morgan fingerprint density at radius 1 is 1.25 bits per heavy atom. The van der Waals surface area contributed by atoms with Crippen LogP contribution in [0.3, 0.4) is 0 Å². The fourth-order valence-electron chi connectivity index (χ4n) is 3.47. The predicted octanol–water partition coefficient (Wildman–Crippen LogP) is 4.96. The van der Waals surface area contributed by atoms with Crippen LogP contribution in [0.4, 0.5) is 0 Å². The number of nitrogens with one attached hydrogen (secondary N) is 1. The van der Waals surface area contributed by atoms with Gasteiger partial charge in [-0.25, -0.2) is 0 Å². The van der Waals surface area contributed by atoms with Gasteiger partial charge in [-0.1, -0.05) is 43.2 Å². The highest BCUT2D eigenvalue weighted by molar-refractivity contribution is 5.50. The molecule has 2 aliphatic carbocycles. The second kappa shape index (κ2) is 5.87. The third-order valence-corrected chi connectivity index (χ3v) is 4.55. The van der Waals surface area contributed by atoms with Crippen LogP contribution in [0.2, 0.25) is 0 Å². The summed E-state index contributed by atoms with van der Waals surface area (Å²) in [5, 5.41) is 3.75. The standard InChI is InChI=1S/C19H25N/c1-3-7-15-10-11-17-14(2)12-18(20-19(17)13-15)16-8-5-4-6-9-16/h5,8-9,12-13,19-20H,3-4,6-7,10-11H2,1-2H3. The average molecular weight is 267 g/mol. The Labute approximate surface area is 122 Å². The summed E-state index contributed by atoms with van der Waals surface area (Å²) in [6, 6.07) is 0.432. The van der Waals surface area contributed by atoms with Crippen molar-refractivity contribution >= 4 is 0 Å². The minimum Gasteiger partial charge on any atom is -0.375 e. The number of dihydropyridines is 1. The van der Waals surface area contributed by atoms with E-state index >= 15 is 0 Å². The Bertz CT molecular complexity index is 540. The van der Waals surface area contributed by atoms with E-state index in [0.717, 1.165) is 0 Å². The van der Waals surface area contributed by atoms with Crippen molar-refractivity contribution in [1.82, 2.24) is 5.32 Å². The molecule has 0 spiro atoms. The van der Waals surface area contributed by atoms with Crippen LogP contribution in [-0.4, -0.2) is 6.04 Å². The minimum atomic E-state index is 0.432. The van der Waals surface area contributed by atoms with Gasteiger partial charge in [0, 0.05) is 5.70 Å². The summed E-state index contributed by atoms with van der Waals surface area (Å²) in [7, 11) is 0. The Hall–Kier alpha value is -1.50. The molecule has 1 unspecified atom stereocenters. The Balaban J connectivity index is 1.86. The number of rotatable bonds is 3. The van der Waals surface area contributed by atoms with Gasteiger partial charge in [-0.05, 0) is 61.8 Å². The molecule has 1 nitrogen and oxygen atoms in total. The lowest BCUT2D eigenvalue weighted by Crippen LogP contribution is -2.35. The number of allylic oxidation sites excluding steroid dienone is 6. The van der Waals surface area contributed by atoms with E-state index in [0.29, 0.717) is 6.04 Å². The molecule has 1 heteroatoms. The van der Waals surface area contributed by atoms with Gasteiger partial charge in [-0.3, -0.25) is 0 Å². The zero-order valence-corrected chi connectivity index (χ0v) is 12.7. The van der Waals surface area contributed by atoms with E-state index in [1.54, 1.807) is 11.1 Å². The summed E-state index contributed by atoms with van der Waals surface area (Å²) >= 11 is 0. The highest BCUT2D eigenvalue weighted by Crippen LogP contribution is 2.33. The number of hydrogen-bond acceptors (Lipinski definition) is 1. The molecule has 0 aromatic carbocycles. The van der Waals surface area contributed by atoms with E-state index in [2.05, 4.69) is 49.5 Å². The van der Waals surface area contributed by atoms with E-state index < -0.39 is 0 Å². The summed E-state index contributed by atoms with van der Waals surface area (Å²) in [4.78, 5) is 0. The average Bonchev–Trinajstić information content (AvgIpc) is 2.48. The molecular weight excluding hydrogens is 242 g/mol. The smallest absolute Gasteiger partial charge is 0.0666 e. The maximum atomic E-state index is 3.75. The van der Waals surface area contributed by atoms with E-state index in [9.17, 15) is 0 Å². The Kier molecular flexibility index (Phi) is 3.95. The molecule has 0 radical (unpaired) electrons. The molecule has 1 atom stereocenters. The van der Waals surface area contributed by atoms with Gasteiger partial charge in [-0.15, -0.1) is 0 Å². The van der Waals surface area contributed by atoms with E-state index in [1.165, 1.54) is 55.4 Å². The second-order valence-electron chi connectivity index (χ2n) is 6.10. The van der Waals surface area contributed by atoms with Gasteiger partial charge in [0.1, 0.15) is 0 Å². The molecule has 0 fully saturated rings. The second-order valence-corrected chi connectivity index (χ2v) is 6.10. The van der Waals surface area contributed by atoms with E-state index in [1.807, 2.05) is 0 Å². The van der Waals surface area contributed by atoms with Gasteiger partial charge in [-0.2, -0.15) is 0 Å². The zero-order valence-electron chi connectivity index (χ0n) is 12.7. The predicted molar refractivity (Wildman–Crippen MR) is 86.4 cm³/mol. The molecule has 1 N–H and O–H groups in total. The highest BCUT2D eigenvalue weighted by atomic mass is 14.9. The van der Waals surface area contributed by atoms with Gasteiger partial charge >= 0.3 is 0 Å². The SMILES string of the molecule is CCCC1=CC2NC(C3=CCCC=C3)=CC(C)=C2CC1. The van der Waals surface area contributed by atoms with Gasteiger partial charge in [0.2, 0.25) is 0 Å². The fraction of sp³-hybridized carbons (Fsp3) is 0.474. The quantitative estimate of drug-likeness (QED) is 0.713. The lowest BCUT2D eigenvalue weighted by atomic mass is 9.83. The van der Waals surface area contributed by atoms with Crippen molar-refractivity contribution in [3.63, 3.8) is 0 Å². The first-order valence-electron chi connectivity index (χ1n) is 8.02. The Morgan fingerprint density at radius 2 is 2.15 bits per heavy atom. The molecule has 0 aromatic rings. The first-order valence-corrected chi connectivity index (χ1v) is 8.02. The topological polar surface area (TPSA) is 12.0 Å².